The van der Waals surface area contributed by atoms with E-state index in [-0.39, 0.29) is 5.82 Å². The first-order valence-corrected chi connectivity index (χ1v) is 6.81. The van der Waals surface area contributed by atoms with Gasteiger partial charge in [-0.1, -0.05) is 25.0 Å². The molecule has 96 valence electrons. The van der Waals surface area contributed by atoms with Gasteiger partial charge < -0.3 is 4.98 Å². The molecule has 0 radical (unpaired) electrons. The Morgan fingerprint density at radius 3 is 2.67 bits per heavy atom. The molecule has 1 aliphatic heterocycles. The van der Waals surface area contributed by atoms with E-state index in [9.17, 15) is 4.39 Å². The summed E-state index contributed by atoms with van der Waals surface area (Å²) < 4.78 is 13.6. The Morgan fingerprint density at radius 2 is 1.89 bits per heavy atom. The van der Waals surface area contributed by atoms with Gasteiger partial charge in [-0.05, 0) is 37.6 Å². The van der Waals surface area contributed by atoms with Crippen LogP contribution in [0.5, 0.6) is 0 Å². The van der Waals surface area contributed by atoms with E-state index < -0.39 is 0 Å². The Kier molecular flexibility index (Phi) is 3.33. The van der Waals surface area contributed by atoms with Crippen molar-refractivity contribution in [3.63, 3.8) is 0 Å². The molecule has 18 heavy (non-hydrogen) atoms. The molecular formula is C15H19FN2. The zero-order valence-corrected chi connectivity index (χ0v) is 10.6. The van der Waals surface area contributed by atoms with Gasteiger partial charge in [0, 0.05) is 18.1 Å². The lowest BCUT2D eigenvalue weighted by Crippen LogP contribution is -2.23. The third-order valence-corrected chi connectivity index (χ3v) is 3.84. The molecule has 1 N–H and O–H groups in total. The molecule has 1 aromatic heterocycles. The van der Waals surface area contributed by atoms with Crippen molar-refractivity contribution in [1.29, 1.82) is 0 Å². The molecule has 1 fully saturated rings. The molecular weight excluding hydrogens is 227 g/mol. The van der Waals surface area contributed by atoms with Crippen molar-refractivity contribution in [1.82, 2.24) is 9.88 Å². The lowest BCUT2D eigenvalue weighted by Gasteiger charge is -2.19. The highest BCUT2D eigenvalue weighted by atomic mass is 19.1. The number of nitrogens with zero attached hydrogens (tertiary/aromatic N) is 1. The van der Waals surface area contributed by atoms with E-state index in [4.69, 9.17) is 0 Å². The third-order valence-electron chi connectivity index (χ3n) is 3.84. The van der Waals surface area contributed by atoms with Crippen LogP contribution < -0.4 is 0 Å². The Balaban J connectivity index is 1.83. The predicted octanol–water partition coefficient (Wildman–Crippen LogP) is 3.68. The van der Waals surface area contributed by atoms with Crippen LogP contribution in [0, 0.1) is 5.82 Å². The van der Waals surface area contributed by atoms with Crippen LogP contribution in [0.15, 0.2) is 24.4 Å². The molecule has 1 aromatic carbocycles. The van der Waals surface area contributed by atoms with Gasteiger partial charge in [0.25, 0.3) is 0 Å². The monoisotopic (exact) mass is 246 g/mol. The van der Waals surface area contributed by atoms with Gasteiger partial charge in [-0.25, -0.2) is 4.39 Å². The summed E-state index contributed by atoms with van der Waals surface area (Å²) >= 11 is 0. The highest BCUT2D eigenvalue weighted by molar-refractivity contribution is 5.83. The molecule has 2 nitrogen and oxygen atoms in total. The van der Waals surface area contributed by atoms with Crippen molar-refractivity contribution in [3.05, 3.63) is 35.8 Å². The van der Waals surface area contributed by atoms with E-state index in [1.54, 1.807) is 6.07 Å². The maximum atomic E-state index is 13.6. The number of aromatic nitrogens is 1. The van der Waals surface area contributed by atoms with Gasteiger partial charge in [0.15, 0.2) is 0 Å². The van der Waals surface area contributed by atoms with Gasteiger partial charge in [0.2, 0.25) is 0 Å². The van der Waals surface area contributed by atoms with Gasteiger partial charge in [-0.15, -0.1) is 0 Å². The lowest BCUT2D eigenvalue weighted by atomic mass is 10.1. The normalized spacial score (nSPS) is 18.1. The molecule has 0 spiro atoms. The zero-order chi connectivity index (χ0) is 12.4. The van der Waals surface area contributed by atoms with Gasteiger partial charge >= 0.3 is 0 Å². The number of fused-ring (bicyclic) bond motifs is 1. The number of H-pyrrole nitrogens is 1. The number of halogens is 1. The van der Waals surface area contributed by atoms with Crippen molar-refractivity contribution in [2.24, 2.45) is 0 Å². The number of aromatic amines is 1. The van der Waals surface area contributed by atoms with Crippen molar-refractivity contribution >= 4 is 10.9 Å². The van der Waals surface area contributed by atoms with Gasteiger partial charge in [0.05, 0.1) is 5.52 Å². The number of hydrogen-bond donors (Lipinski definition) is 1. The van der Waals surface area contributed by atoms with E-state index in [0.29, 0.717) is 5.52 Å². The molecule has 2 heterocycles. The molecule has 1 saturated heterocycles. The molecule has 0 saturated carbocycles. The number of hydrogen-bond acceptors (Lipinski definition) is 1. The number of benzene rings is 1. The molecule has 1 aliphatic rings. The van der Waals surface area contributed by atoms with Crippen molar-refractivity contribution in [2.75, 3.05) is 13.1 Å². The summed E-state index contributed by atoms with van der Waals surface area (Å²) in [6, 6.07) is 5.30. The van der Waals surface area contributed by atoms with Crippen molar-refractivity contribution in [2.45, 2.75) is 32.2 Å². The van der Waals surface area contributed by atoms with Crippen LogP contribution in [-0.4, -0.2) is 23.0 Å². The summed E-state index contributed by atoms with van der Waals surface area (Å²) in [4.78, 5) is 5.55. The minimum atomic E-state index is -0.158. The van der Waals surface area contributed by atoms with Gasteiger partial charge in [-0.2, -0.15) is 0 Å². The van der Waals surface area contributed by atoms with E-state index in [1.807, 2.05) is 12.3 Å². The van der Waals surface area contributed by atoms with E-state index in [0.717, 1.165) is 11.9 Å². The van der Waals surface area contributed by atoms with Crippen LogP contribution >= 0.6 is 0 Å². The summed E-state index contributed by atoms with van der Waals surface area (Å²) in [5.74, 6) is -0.158. The quantitative estimate of drug-likeness (QED) is 0.856. The molecule has 0 aliphatic carbocycles. The van der Waals surface area contributed by atoms with Crippen molar-refractivity contribution < 1.29 is 4.39 Å². The van der Waals surface area contributed by atoms with Crippen molar-refractivity contribution in [3.8, 4) is 0 Å². The second-order valence-corrected chi connectivity index (χ2v) is 5.17. The Bertz CT molecular complexity index is 524. The second kappa shape index (κ2) is 5.11. The molecule has 0 amide bonds. The molecule has 2 aromatic rings. The highest BCUT2D eigenvalue weighted by Crippen LogP contribution is 2.23. The first kappa shape index (κ1) is 11.7. The summed E-state index contributed by atoms with van der Waals surface area (Å²) in [5.41, 5.74) is 1.86. The van der Waals surface area contributed by atoms with Crippen LogP contribution in [0.2, 0.25) is 0 Å². The molecule has 0 bridgehead atoms. The summed E-state index contributed by atoms with van der Waals surface area (Å²) in [6.07, 6.45) is 7.23. The summed E-state index contributed by atoms with van der Waals surface area (Å²) in [5, 5.41) is 1.03. The summed E-state index contributed by atoms with van der Waals surface area (Å²) in [7, 11) is 0. The topological polar surface area (TPSA) is 19.0 Å². The number of likely N-dealkylation sites (tertiary alicyclic amines) is 1. The first-order chi connectivity index (χ1) is 8.84. The Hall–Kier alpha value is -1.35. The fraction of sp³-hybridized carbons (Fsp3) is 0.467. The minimum Gasteiger partial charge on any atom is -0.358 e. The van der Waals surface area contributed by atoms with E-state index in [1.165, 1.54) is 50.4 Å². The van der Waals surface area contributed by atoms with Crippen LogP contribution in [-0.2, 0) is 6.54 Å². The molecule has 3 heteroatoms. The smallest absolute Gasteiger partial charge is 0.147 e. The number of rotatable bonds is 2. The number of para-hydroxylation sites is 1. The van der Waals surface area contributed by atoms with Crippen LogP contribution in [0.3, 0.4) is 0 Å². The van der Waals surface area contributed by atoms with Crippen LogP contribution in [0.1, 0.15) is 31.2 Å². The average molecular weight is 246 g/mol. The SMILES string of the molecule is Fc1cccc2c(CN3CCCCCC3)c[nH]c12. The summed E-state index contributed by atoms with van der Waals surface area (Å²) in [6.45, 7) is 3.27. The number of nitrogens with one attached hydrogen (secondary N) is 1. The maximum absolute atomic E-state index is 13.6. The minimum absolute atomic E-state index is 0.158. The fourth-order valence-electron chi connectivity index (χ4n) is 2.84. The second-order valence-electron chi connectivity index (χ2n) is 5.17. The largest absolute Gasteiger partial charge is 0.358 e. The first-order valence-electron chi connectivity index (χ1n) is 6.81. The Labute approximate surface area is 107 Å². The third kappa shape index (κ3) is 2.27. The van der Waals surface area contributed by atoms with E-state index in [2.05, 4.69) is 9.88 Å². The highest BCUT2D eigenvalue weighted by Gasteiger charge is 2.13. The maximum Gasteiger partial charge on any atom is 0.147 e. The fourth-order valence-corrected chi connectivity index (χ4v) is 2.84. The molecule has 0 unspecified atom stereocenters. The molecule has 0 atom stereocenters. The Morgan fingerprint density at radius 1 is 1.11 bits per heavy atom. The predicted molar refractivity (Wildman–Crippen MR) is 72.0 cm³/mol. The van der Waals surface area contributed by atoms with E-state index >= 15 is 0 Å². The average Bonchev–Trinajstić information content (AvgIpc) is 2.61. The van der Waals surface area contributed by atoms with Crippen LogP contribution in [0.25, 0.3) is 10.9 Å². The standard InChI is InChI=1S/C15H19FN2/c16-14-7-5-6-13-12(10-17-15(13)14)11-18-8-3-1-2-4-9-18/h5-7,10,17H,1-4,8-9,11H2. The zero-order valence-electron chi connectivity index (χ0n) is 10.6. The van der Waals surface area contributed by atoms with Gasteiger partial charge in [-0.3, -0.25) is 4.90 Å². The molecule has 3 rings (SSSR count). The van der Waals surface area contributed by atoms with Gasteiger partial charge in [0.1, 0.15) is 5.82 Å². The van der Waals surface area contributed by atoms with Crippen LogP contribution in [0.4, 0.5) is 4.39 Å². The lowest BCUT2D eigenvalue weighted by molar-refractivity contribution is 0.278.